The number of fused-ring (bicyclic) bond motifs is 2. The van der Waals surface area contributed by atoms with Crippen LogP contribution in [0.25, 0.3) is 11.4 Å². The van der Waals surface area contributed by atoms with Gasteiger partial charge in [-0.25, -0.2) is 4.98 Å². The van der Waals surface area contributed by atoms with Gasteiger partial charge >= 0.3 is 0 Å². The number of hydrogen-bond acceptors (Lipinski definition) is 6. The molecule has 0 fully saturated rings. The Morgan fingerprint density at radius 1 is 1.03 bits per heavy atom. The lowest BCUT2D eigenvalue weighted by molar-refractivity contribution is 0.278. The summed E-state index contributed by atoms with van der Waals surface area (Å²) in [5, 5.41) is 9.61. The molecule has 0 aliphatic carbocycles. The summed E-state index contributed by atoms with van der Waals surface area (Å²) in [6.45, 7) is 12.1. The van der Waals surface area contributed by atoms with E-state index in [1.807, 2.05) is 52.0 Å². The van der Waals surface area contributed by atoms with Crippen LogP contribution in [0.1, 0.15) is 68.6 Å². The van der Waals surface area contributed by atoms with E-state index in [4.69, 9.17) is 9.47 Å². The molecule has 172 valence electrons. The number of pyridine rings is 1. The predicted molar refractivity (Wildman–Crippen MR) is 128 cm³/mol. The Morgan fingerprint density at radius 3 is 2.38 bits per heavy atom. The minimum absolute atomic E-state index is 0.0733. The van der Waals surface area contributed by atoms with E-state index in [0.29, 0.717) is 23.9 Å². The summed E-state index contributed by atoms with van der Waals surface area (Å²) in [7, 11) is 1.63. The number of benzene rings is 1. The molecule has 32 heavy (non-hydrogen) atoms. The first-order valence-corrected chi connectivity index (χ1v) is 11.3. The third-order valence-electron chi connectivity index (χ3n) is 5.13. The maximum atomic E-state index is 9.61. The highest BCUT2D eigenvalue weighted by Gasteiger charge is 2.26. The normalized spacial score (nSPS) is 11.0. The molecule has 0 bridgehead atoms. The first-order valence-electron chi connectivity index (χ1n) is 11.3. The molecule has 0 radical (unpaired) electrons. The molecule has 1 N–H and O–H groups in total. The summed E-state index contributed by atoms with van der Waals surface area (Å²) in [5.41, 5.74) is 5.16. The Bertz CT molecular complexity index is 1030. The fraction of sp³-hybridized carbons (Fsp3) is 0.423. The standard InChI is InChI=1S/C20H19N3O3.C4H10.C2H6/c1-11-16-8-17-14(10-24)9-21-12(2)18(17)26-20(16)23-19(22-11)13-5-4-6-15(7-13)25-3;1-3-4-2;1-2/h4-7,9,24H,8,10H2,1-3H3;3-4H2,1-2H3;1-2H3. The van der Waals surface area contributed by atoms with Crippen molar-refractivity contribution in [3.05, 3.63) is 58.5 Å². The van der Waals surface area contributed by atoms with E-state index >= 15 is 0 Å². The third-order valence-corrected chi connectivity index (χ3v) is 5.13. The number of rotatable bonds is 4. The van der Waals surface area contributed by atoms with Crippen molar-refractivity contribution >= 4 is 0 Å². The Kier molecular flexibility index (Phi) is 9.60. The van der Waals surface area contributed by atoms with Crippen molar-refractivity contribution in [1.29, 1.82) is 0 Å². The molecule has 1 aromatic carbocycles. The lowest BCUT2D eigenvalue weighted by Crippen LogP contribution is -2.13. The molecule has 3 heterocycles. The van der Waals surface area contributed by atoms with Crippen LogP contribution in [0.4, 0.5) is 0 Å². The third kappa shape index (κ3) is 5.62. The van der Waals surface area contributed by atoms with Crippen LogP contribution in [0.15, 0.2) is 30.5 Å². The van der Waals surface area contributed by atoms with Gasteiger partial charge in [0.05, 0.1) is 19.4 Å². The molecule has 0 saturated carbocycles. The average molecular weight is 438 g/mol. The fourth-order valence-corrected chi connectivity index (χ4v) is 3.16. The van der Waals surface area contributed by atoms with Gasteiger partial charge in [-0.05, 0) is 26.0 Å². The average Bonchev–Trinajstić information content (AvgIpc) is 2.85. The van der Waals surface area contributed by atoms with Gasteiger partial charge in [-0.3, -0.25) is 4.98 Å². The van der Waals surface area contributed by atoms with Gasteiger partial charge in [-0.15, -0.1) is 0 Å². The number of aryl methyl sites for hydroxylation is 2. The van der Waals surface area contributed by atoms with Crippen molar-refractivity contribution in [2.75, 3.05) is 7.11 Å². The van der Waals surface area contributed by atoms with Gasteiger partial charge in [-0.2, -0.15) is 4.98 Å². The van der Waals surface area contributed by atoms with Gasteiger partial charge in [0.2, 0.25) is 5.88 Å². The molecular formula is C26H35N3O3. The van der Waals surface area contributed by atoms with Gasteiger partial charge in [0.25, 0.3) is 0 Å². The summed E-state index contributed by atoms with van der Waals surface area (Å²) >= 11 is 0. The summed E-state index contributed by atoms with van der Waals surface area (Å²) in [6.07, 6.45) is 4.96. The van der Waals surface area contributed by atoms with Crippen LogP contribution < -0.4 is 9.47 Å². The van der Waals surface area contributed by atoms with Crippen molar-refractivity contribution < 1.29 is 14.6 Å². The van der Waals surface area contributed by atoms with E-state index in [-0.39, 0.29) is 6.61 Å². The molecule has 0 unspecified atom stereocenters. The molecule has 6 nitrogen and oxygen atoms in total. The van der Waals surface area contributed by atoms with Crippen molar-refractivity contribution in [2.24, 2.45) is 0 Å². The van der Waals surface area contributed by atoms with E-state index < -0.39 is 0 Å². The summed E-state index contributed by atoms with van der Waals surface area (Å²) in [4.78, 5) is 13.6. The van der Waals surface area contributed by atoms with Crippen LogP contribution in [0, 0.1) is 13.8 Å². The fourth-order valence-electron chi connectivity index (χ4n) is 3.16. The van der Waals surface area contributed by atoms with Crippen molar-refractivity contribution in [2.45, 2.75) is 67.4 Å². The van der Waals surface area contributed by atoms with E-state index in [9.17, 15) is 5.11 Å². The minimum Gasteiger partial charge on any atom is -0.497 e. The van der Waals surface area contributed by atoms with Gasteiger partial charge in [0, 0.05) is 40.6 Å². The smallest absolute Gasteiger partial charge is 0.226 e. The Balaban J connectivity index is 0.000000547. The highest BCUT2D eigenvalue weighted by molar-refractivity contribution is 5.61. The highest BCUT2D eigenvalue weighted by Crippen LogP contribution is 2.40. The molecule has 2 aromatic heterocycles. The van der Waals surface area contributed by atoms with Crippen LogP contribution in [-0.4, -0.2) is 27.2 Å². The van der Waals surface area contributed by atoms with Crippen LogP contribution in [0.3, 0.4) is 0 Å². The maximum Gasteiger partial charge on any atom is 0.226 e. The van der Waals surface area contributed by atoms with Crippen molar-refractivity contribution in [3.8, 4) is 28.8 Å². The zero-order valence-corrected chi connectivity index (χ0v) is 20.3. The monoisotopic (exact) mass is 437 g/mol. The molecular weight excluding hydrogens is 402 g/mol. The topological polar surface area (TPSA) is 77.4 Å². The van der Waals surface area contributed by atoms with E-state index in [2.05, 4.69) is 28.8 Å². The summed E-state index contributed by atoms with van der Waals surface area (Å²) in [6, 6.07) is 7.63. The van der Waals surface area contributed by atoms with Gasteiger partial charge in [0.15, 0.2) is 11.6 Å². The Labute approximate surface area is 191 Å². The van der Waals surface area contributed by atoms with Crippen LogP contribution >= 0.6 is 0 Å². The SMILES string of the molecule is CC.CCCC.COc1cccc(-c2nc(C)c3c(n2)Oc2c(C)ncc(CO)c2C3)c1. The van der Waals surface area contributed by atoms with Crippen molar-refractivity contribution in [3.63, 3.8) is 0 Å². The minimum atomic E-state index is -0.0733. The Hall–Kier alpha value is -2.99. The van der Waals surface area contributed by atoms with E-state index in [0.717, 1.165) is 39.4 Å². The van der Waals surface area contributed by atoms with Gasteiger partial charge in [-0.1, -0.05) is 52.7 Å². The molecule has 1 aliphatic rings. The number of aliphatic hydroxyl groups is 1. The summed E-state index contributed by atoms with van der Waals surface area (Å²) in [5.74, 6) is 2.56. The molecule has 6 heteroatoms. The molecule has 0 amide bonds. The predicted octanol–water partition coefficient (Wildman–Crippen LogP) is 6.19. The van der Waals surface area contributed by atoms with E-state index in [1.54, 1.807) is 13.3 Å². The number of unbranched alkanes of at least 4 members (excludes halogenated alkanes) is 1. The second-order valence-electron chi connectivity index (χ2n) is 7.26. The molecule has 3 aromatic rings. The van der Waals surface area contributed by atoms with Gasteiger partial charge in [0.1, 0.15) is 5.75 Å². The zero-order valence-electron chi connectivity index (χ0n) is 20.3. The number of hydrogen-bond donors (Lipinski definition) is 1. The van der Waals surface area contributed by atoms with Gasteiger partial charge < -0.3 is 14.6 Å². The Morgan fingerprint density at radius 2 is 1.75 bits per heavy atom. The van der Waals surface area contributed by atoms with Crippen LogP contribution in [-0.2, 0) is 13.0 Å². The second kappa shape index (κ2) is 12.2. The molecule has 0 atom stereocenters. The summed E-state index contributed by atoms with van der Waals surface area (Å²) < 4.78 is 11.4. The number of nitrogens with zero attached hydrogens (tertiary/aromatic N) is 3. The zero-order chi connectivity index (χ0) is 23.7. The lowest BCUT2D eigenvalue weighted by Gasteiger charge is -2.23. The first kappa shape index (κ1) is 25.3. The number of methoxy groups -OCH3 is 1. The molecule has 4 rings (SSSR count). The molecule has 0 spiro atoms. The largest absolute Gasteiger partial charge is 0.497 e. The lowest BCUT2D eigenvalue weighted by atomic mass is 9.97. The number of aliphatic hydroxyl groups excluding tert-OH is 1. The molecule has 1 aliphatic heterocycles. The first-order chi connectivity index (χ1) is 15.5. The van der Waals surface area contributed by atoms with Crippen LogP contribution in [0.5, 0.6) is 17.4 Å². The second-order valence-corrected chi connectivity index (χ2v) is 7.26. The quantitative estimate of drug-likeness (QED) is 0.410. The van der Waals surface area contributed by atoms with Crippen LogP contribution in [0.2, 0.25) is 0 Å². The maximum absolute atomic E-state index is 9.61. The number of aromatic nitrogens is 3. The molecule has 0 saturated heterocycles. The number of ether oxygens (including phenoxy) is 2. The van der Waals surface area contributed by atoms with E-state index in [1.165, 1.54) is 12.8 Å². The highest BCUT2D eigenvalue weighted by atomic mass is 16.5. The van der Waals surface area contributed by atoms with Crippen molar-refractivity contribution in [1.82, 2.24) is 15.0 Å².